The lowest BCUT2D eigenvalue weighted by molar-refractivity contribution is -0.304. The summed E-state index contributed by atoms with van der Waals surface area (Å²) in [5, 5.41) is 54.3. The Morgan fingerprint density at radius 2 is 1.80 bits per heavy atom. The third-order valence-corrected chi connectivity index (χ3v) is 11.9. The van der Waals surface area contributed by atoms with Gasteiger partial charge in [-0.25, -0.2) is 4.68 Å². The molecule has 2 aromatic heterocycles. The minimum absolute atomic E-state index is 0.103. The van der Waals surface area contributed by atoms with Crippen molar-refractivity contribution in [3.05, 3.63) is 72.2 Å². The van der Waals surface area contributed by atoms with E-state index in [0.717, 1.165) is 27.9 Å². The van der Waals surface area contributed by atoms with Crippen LogP contribution >= 0.6 is 0 Å². The van der Waals surface area contributed by atoms with E-state index in [-0.39, 0.29) is 24.7 Å². The molecule has 15 heteroatoms. The number of carbonyl (C=O) groups excluding carboxylic acids is 2. The molecule has 4 heterocycles. The Balaban J connectivity index is 1.44. The van der Waals surface area contributed by atoms with Gasteiger partial charge in [-0.15, -0.1) is 5.10 Å². The number of ketones is 1. The van der Waals surface area contributed by atoms with Crippen LogP contribution in [0.5, 0.6) is 0 Å². The highest BCUT2D eigenvalue weighted by molar-refractivity contribution is 5.91. The van der Waals surface area contributed by atoms with Crippen LogP contribution in [0, 0.1) is 23.7 Å². The quantitative estimate of drug-likeness (QED) is 0.206. The van der Waals surface area contributed by atoms with E-state index < -0.39 is 72.7 Å². The van der Waals surface area contributed by atoms with Gasteiger partial charge in [-0.05, 0) is 97.1 Å². The summed E-state index contributed by atoms with van der Waals surface area (Å²) in [5.74, 6) is -2.78. The van der Waals surface area contributed by atoms with E-state index in [2.05, 4.69) is 20.2 Å². The number of likely N-dealkylation sites (N-methyl/N-ethyl adjacent to an activating group) is 1. The Labute approximate surface area is 347 Å². The van der Waals surface area contributed by atoms with Crippen molar-refractivity contribution in [3.8, 4) is 5.69 Å². The number of hydrogen-bond donors (Lipinski definition) is 4. The van der Waals surface area contributed by atoms with Crippen LogP contribution in [0.15, 0.2) is 66.5 Å². The molecule has 2 aliphatic rings. The van der Waals surface area contributed by atoms with Crippen molar-refractivity contribution in [2.45, 2.75) is 116 Å². The Hall–Kier alpha value is -3.93. The van der Waals surface area contributed by atoms with E-state index in [1.807, 2.05) is 64.3 Å². The number of aliphatic hydroxyl groups excluding tert-OH is 4. The summed E-state index contributed by atoms with van der Waals surface area (Å²) in [4.78, 5) is 35.4. The summed E-state index contributed by atoms with van der Waals surface area (Å²) >= 11 is 0. The predicted molar refractivity (Wildman–Crippen MR) is 222 cm³/mol. The highest BCUT2D eigenvalue weighted by Gasteiger charge is 2.47. The van der Waals surface area contributed by atoms with Crippen LogP contribution in [0.2, 0.25) is 0 Å². The largest absolute Gasteiger partial charge is 0.462 e. The lowest BCUT2D eigenvalue weighted by Crippen LogP contribution is -2.63. The molecule has 59 heavy (non-hydrogen) atoms. The summed E-state index contributed by atoms with van der Waals surface area (Å²) in [7, 11) is 5.49. The molecule has 0 bridgehead atoms. The summed E-state index contributed by atoms with van der Waals surface area (Å²) in [6.07, 6.45) is 2.82. The third kappa shape index (κ3) is 11.9. The van der Waals surface area contributed by atoms with Crippen molar-refractivity contribution in [2.75, 3.05) is 34.3 Å². The molecule has 12 atom stereocenters. The molecular formula is C44H64N6O9. The second-order valence-corrected chi connectivity index (χ2v) is 16.8. The molecule has 0 aliphatic carbocycles. The van der Waals surface area contributed by atoms with E-state index in [9.17, 15) is 30.0 Å². The van der Waals surface area contributed by atoms with Gasteiger partial charge in [0, 0.05) is 35.9 Å². The van der Waals surface area contributed by atoms with Crippen LogP contribution in [0.4, 0.5) is 0 Å². The van der Waals surface area contributed by atoms with Crippen molar-refractivity contribution in [1.29, 1.82) is 0 Å². The number of aliphatic hydroxyl groups is 4. The number of carbonyl (C=O) groups is 2. The van der Waals surface area contributed by atoms with Gasteiger partial charge in [0.25, 0.3) is 0 Å². The zero-order valence-electron chi connectivity index (χ0n) is 35.7. The van der Waals surface area contributed by atoms with Crippen LogP contribution in [-0.2, 0) is 30.3 Å². The molecule has 1 saturated heterocycles. The molecule has 2 aliphatic heterocycles. The number of fused-ring (bicyclic) bond motifs is 1. The maximum absolute atomic E-state index is 13.7. The number of ether oxygens (including phenoxy) is 3. The average molecular weight is 821 g/mol. The maximum Gasteiger partial charge on any atom is 0.308 e. The summed E-state index contributed by atoms with van der Waals surface area (Å²) < 4.78 is 20.4. The van der Waals surface area contributed by atoms with Gasteiger partial charge in [0.15, 0.2) is 12.1 Å². The third-order valence-electron chi connectivity index (χ3n) is 11.9. The van der Waals surface area contributed by atoms with Gasteiger partial charge in [0.05, 0.1) is 66.6 Å². The second kappa shape index (κ2) is 21.0. The fourth-order valence-corrected chi connectivity index (χ4v) is 8.30. The normalized spacial score (nSPS) is 33.2. The number of aromatic nitrogens is 4. The number of hydrogen-bond acceptors (Lipinski definition) is 14. The standard InChI is InChI=1S/C44H64N6O9/c1-9-38-32(25-51)19-26(2)12-15-36(52)27(3)20-31(16-18-49(8)23-33-24-50(47-46-33)34-13-14-35-30(21-34)11-10-17-45-35)43(28(4)37(53)22-39(54)58-38)59-44-42(56)40(48(6)7)41(55)29(5)57-44/h10-15,17,19,21,24,27-29,31-32,37-38,40-44,51,53,55-56H,9,16,18,20,22-23,25H2,1-8H3/b15-12+,26-19+/t27-,28+,29-,31+,32-,37-,38-,40?,41?,42?,43-,44+/m1/s1. The molecule has 0 radical (unpaired) electrons. The maximum atomic E-state index is 13.7. The molecule has 5 rings (SSSR count). The fraction of sp³-hybridized carbons (Fsp3) is 0.614. The predicted octanol–water partition coefficient (Wildman–Crippen LogP) is 3.46. The molecule has 324 valence electrons. The Morgan fingerprint density at radius 3 is 2.51 bits per heavy atom. The van der Waals surface area contributed by atoms with Crippen LogP contribution in [0.3, 0.4) is 0 Å². The molecule has 15 nitrogen and oxygen atoms in total. The molecule has 0 amide bonds. The van der Waals surface area contributed by atoms with Crippen molar-refractivity contribution >= 4 is 22.7 Å². The molecular weight excluding hydrogens is 757 g/mol. The smallest absolute Gasteiger partial charge is 0.308 e. The van der Waals surface area contributed by atoms with Crippen LogP contribution in [0.1, 0.15) is 66.0 Å². The molecule has 1 aromatic carbocycles. The Kier molecular flexibility index (Phi) is 16.5. The molecule has 4 N–H and O–H groups in total. The summed E-state index contributed by atoms with van der Waals surface area (Å²) in [5.41, 5.74) is 3.23. The van der Waals surface area contributed by atoms with Crippen molar-refractivity contribution < 1.29 is 44.2 Å². The first-order chi connectivity index (χ1) is 28.1. The van der Waals surface area contributed by atoms with Gasteiger partial charge >= 0.3 is 5.97 Å². The minimum atomic E-state index is -1.26. The monoisotopic (exact) mass is 820 g/mol. The highest BCUT2D eigenvalue weighted by atomic mass is 16.7. The SMILES string of the molecule is CC[C@H]1OC(=O)C[C@@H](O)[C@H](C)[C@@H](O[C@@H]2O[C@H](C)C(O)C(N(C)C)C2O)[C@@H](CCN(C)Cc2cn(-c3ccc4ncccc4c3)nn2)C[C@@H](C)C(=O)/C=C/C(C)=C/[C@@H]1CO. The number of cyclic esters (lactones) is 1. The Morgan fingerprint density at radius 1 is 1.03 bits per heavy atom. The molecule has 1 fully saturated rings. The molecule has 3 unspecified atom stereocenters. The van der Waals surface area contributed by atoms with Gasteiger partial charge in [-0.1, -0.05) is 49.8 Å². The molecule has 0 saturated carbocycles. The van der Waals surface area contributed by atoms with Crippen LogP contribution in [0.25, 0.3) is 16.6 Å². The molecule has 0 spiro atoms. The van der Waals surface area contributed by atoms with Gasteiger partial charge in [0.2, 0.25) is 0 Å². The Bertz CT molecular complexity index is 1900. The van der Waals surface area contributed by atoms with Crippen molar-refractivity contribution in [1.82, 2.24) is 29.8 Å². The van der Waals surface area contributed by atoms with Gasteiger partial charge in [-0.2, -0.15) is 0 Å². The fourth-order valence-electron chi connectivity index (χ4n) is 8.30. The van der Waals surface area contributed by atoms with Gasteiger partial charge in [-0.3, -0.25) is 14.6 Å². The van der Waals surface area contributed by atoms with Gasteiger partial charge < -0.3 is 44.4 Å². The summed E-state index contributed by atoms with van der Waals surface area (Å²) in [6, 6.07) is 9.08. The first kappa shape index (κ1) is 46.1. The average Bonchev–Trinajstić information content (AvgIpc) is 3.68. The topological polar surface area (TPSA) is 193 Å². The number of pyridine rings is 1. The zero-order valence-corrected chi connectivity index (χ0v) is 35.7. The van der Waals surface area contributed by atoms with E-state index in [1.54, 1.807) is 55.9 Å². The zero-order chi connectivity index (χ0) is 43.0. The lowest BCUT2D eigenvalue weighted by atomic mass is 9.79. The second-order valence-electron chi connectivity index (χ2n) is 16.8. The van der Waals surface area contributed by atoms with E-state index in [0.29, 0.717) is 32.4 Å². The van der Waals surface area contributed by atoms with E-state index >= 15 is 0 Å². The van der Waals surface area contributed by atoms with Gasteiger partial charge in [0.1, 0.15) is 12.2 Å². The minimum Gasteiger partial charge on any atom is -0.462 e. The highest BCUT2D eigenvalue weighted by Crippen LogP contribution is 2.35. The summed E-state index contributed by atoms with van der Waals surface area (Å²) in [6.45, 7) is 9.78. The van der Waals surface area contributed by atoms with Crippen molar-refractivity contribution in [3.63, 3.8) is 0 Å². The van der Waals surface area contributed by atoms with Crippen molar-refractivity contribution in [2.24, 2.45) is 23.7 Å². The number of benzene rings is 1. The van der Waals surface area contributed by atoms with E-state index in [4.69, 9.17) is 14.2 Å². The lowest BCUT2D eigenvalue weighted by Gasteiger charge is -2.46. The number of esters is 1. The number of nitrogens with zero attached hydrogens (tertiary/aromatic N) is 6. The first-order valence-corrected chi connectivity index (χ1v) is 20.8. The first-order valence-electron chi connectivity index (χ1n) is 20.8. The number of rotatable bonds is 11. The van der Waals surface area contributed by atoms with E-state index in [1.165, 1.54) is 6.08 Å². The van der Waals surface area contributed by atoms with Crippen LogP contribution < -0.4 is 0 Å². The van der Waals surface area contributed by atoms with Crippen LogP contribution in [-0.4, -0.2) is 145 Å². The molecule has 3 aromatic rings. The number of allylic oxidation sites excluding steroid dienone is 3.